The van der Waals surface area contributed by atoms with Gasteiger partial charge in [0.15, 0.2) is 11.5 Å². The van der Waals surface area contributed by atoms with Gasteiger partial charge in [0.25, 0.3) is 0 Å². The standard InChI is InChI=1S/C18H10ClFN6/c19-12-6-9(5-10-8-23-26-15(10)12)16-17(11-3-1-2-4-13(11)20)25-18(22)14(7-21)24-16/h1-6,8H,(H2,22,25)(H,23,26). The lowest BCUT2D eigenvalue weighted by atomic mass is 10.0. The number of fused-ring (bicyclic) bond motifs is 1. The predicted molar refractivity (Wildman–Crippen MR) is 96.7 cm³/mol. The molecule has 0 amide bonds. The lowest BCUT2D eigenvalue weighted by Crippen LogP contribution is -2.04. The zero-order chi connectivity index (χ0) is 18.3. The van der Waals surface area contributed by atoms with E-state index >= 15 is 0 Å². The maximum atomic E-state index is 14.4. The number of hydrogen-bond acceptors (Lipinski definition) is 5. The lowest BCUT2D eigenvalue weighted by Gasteiger charge is -2.11. The Morgan fingerprint density at radius 2 is 1.96 bits per heavy atom. The third-order valence-corrected chi connectivity index (χ3v) is 4.23. The fourth-order valence-corrected chi connectivity index (χ4v) is 2.99. The minimum Gasteiger partial charge on any atom is -0.381 e. The smallest absolute Gasteiger partial charge is 0.183 e. The van der Waals surface area contributed by atoms with Crippen LogP contribution < -0.4 is 5.73 Å². The van der Waals surface area contributed by atoms with Crippen LogP contribution in [0.3, 0.4) is 0 Å². The summed E-state index contributed by atoms with van der Waals surface area (Å²) in [5, 5.41) is 17.2. The van der Waals surface area contributed by atoms with E-state index in [-0.39, 0.29) is 22.8 Å². The summed E-state index contributed by atoms with van der Waals surface area (Å²) in [6, 6.07) is 11.5. The Bertz CT molecular complexity index is 1190. The minimum absolute atomic E-state index is 0.0384. The van der Waals surface area contributed by atoms with Gasteiger partial charge in [-0.1, -0.05) is 23.7 Å². The van der Waals surface area contributed by atoms with E-state index in [0.717, 1.165) is 5.39 Å². The second-order valence-electron chi connectivity index (χ2n) is 5.54. The molecule has 0 fully saturated rings. The Morgan fingerprint density at radius 1 is 1.15 bits per heavy atom. The molecule has 0 saturated heterocycles. The van der Waals surface area contributed by atoms with Gasteiger partial charge >= 0.3 is 0 Å². The van der Waals surface area contributed by atoms with Crippen molar-refractivity contribution in [3.63, 3.8) is 0 Å². The Balaban J connectivity index is 2.05. The summed E-state index contributed by atoms with van der Waals surface area (Å²) in [7, 11) is 0. The molecule has 0 atom stereocenters. The maximum absolute atomic E-state index is 14.4. The van der Waals surface area contributed by atoms with Crippen molar-refractivity contribution in [3.05, 3.63) is 59.1 Å². The molecule has 2 aromatic heterocycles. The normalized spacial score (nSPS) is 10.8. The third-order valence-electron chi connectivity index (χ3n) is 3.93. The quantitative estimate of drug-likeness (QED) is 0.560. The number of H-pyrrole nitrogens is 1. The van der Waals surface area contributed by atoms with Crippen LogP contribution in [0.2, 0.25) is 5.02 Å². The van der Waals surface area contributed by atoms with Crippen LogP contribution in [0.25, 0.3) is 33.4 Å². The molecule has 0 aliphatic heterocycles. The third kappa shape index (κ3) is 2.53. The van der Waals surface area contributed by atoms with Crippen molar-refractivity contribution in [2.75, 3.05) is 5.73 Å². The van der Waals surface area contributed by atoms with Crippen molar-refractivity contribution in [3.8, 4) is 28.6 Å². The molecule has 26 heavy (non-hydrogen) atoms. The molecule has 4 rings (SSSR count). The highest BCUT2D eigenvalue weighted by atomic mass is 35.5. The van der Waals surface area contributed by atoms with E-state index in [1.54, 1.807) is 36.5 Å². The summed E-state index contributed by atoms with van der Waals surface area (Å²) in [4.78, 5) is 8.54. The van der Waals surface area contributed by atoms with E-state index in [1.807, 2.05) is 6.07 Å². The number of anilines is 1. The molecule has 0 bridgehead atoms. The van der Waals surface area contributed by atoms with E-state index in [0.29, 0.717) is 21.8 Å². The molecule has 0 aliphatic carbocycles. The molecule has 0 spiro atoms. The summed E-state index contributed by atoms with van der Waals surface area (Å²) >= 11 is 6.30. The predicted octanol–water partition coefficient (Wildman–Crippen LogP) is 3.93. The van der Waals surface area contributed by atoms with Gasteiger partial charge in [0.1, 0.15) is 17.6 Å². The van der Waals surface area contributed by atoms with E-state index in [9.17, 15) is 9.65 Å². The molecule has 4 aromatic rings. The van der Waals surface area contributed by atoms with Crippen LogP contribution in [0.15, 0.2) is 42.6 Å². The summed E-state index contributed by atoms with van der Waals surface area (Å²) < 4.78 is 14.4. The van der Waals surface area contributed by atoms with Gasteiger partial charge in [0.05, 0.1) is 22.4 Å². The molecule has 3 N–H and O–H groups in total. The van der Waals surface area contributed by atoms with Crippen LogP contribution in [-0.4, -0.2) is 20.2 Å². The van der Waals surface area contributed by atoms with Crippen LogP contribution in [-0.2, 0) is 0 Å². The molecule has 0 unspecified atom stereocenters. The van der Waals surface area contributed by atoms with Crippen LogP contribution in [0, 0.1) is 17.1 Å². The highest BCUT2D eigenvalue weighted by Gasteiger charge is 2.19. The Hall–Kier alpha value is -3.50. The molecule has 0 saturated carbocycles. The summed E-state index contributed by atoms with van der Waals surface area (Å²) in [6.45, 7) is 0. The molecular weight excluding hydrogens is 355 g/mol. The molecule has 126 valence electrons. The van der Waals surface area contributed by atoms with Gasteiger partial charge < -0.3 is 5.73 Å². The number of hydrogen-bond donors (Lipinski definition) is 2. The average Bonchev–Trinajstić information content (AvgIpc) is 3.11. The van der Waals surface area contributed by atoms with Crippen molar-refractivity contribution in [1.29, 1.82) is 5.26 Å². The number of aromatic nitrogens is 4. The van der Waals surface area contributed by atoms with Gasteiger partial charge in [0.2, 0.25) is 0 Å². The second-order valence-corrected chi connectivity index (χ2v) is 5.95. The van der Waals surface area contributed by atoms with E-state index in [2.05, 4.69) is 20.2 Å². The fourth-order valence-electron chi connectivity index (χ4n) is 2.72. The van der Waals surface area contributed by atoms with Gasteiger partial charge in [0, 0.05) is 16.5 Å². The number of nitrogens with zero attached hydrogens (tertiary/aromatic N) is 4. The Kier molecular flexibility index (Phi) is 3.75. The Morgan fingerprint density at radius 3 is 2.73 bits per heavy atom. The fraction of sp³-hybridized carbons (Fsp3) is 0. The number of aromatic amines is 1. The van der Waals surface area contributed by atoms with Gasteiger partial charge in [-0.2, -0.15) is 10.4 Å². The zero-order valence-electron chi connectivity index (χ0n) is 13.2. The van der Waals surface area contributed by atoms with Crippen LogP contribution in [0.5, 0.6) is 0 Å². The van der Waals surface area contributed by atoms with E-state index in [1.165, 1.54) is 6.07 Å². The first kappa shape index (κ1) is 16.0. The molecular formula is C18H10ClFN6. The highest BCUT2D eigenvalue weighted by Crippen LogP contribution is 2.35. The summed E-state index contributed by atoms with van der Waals surface area (Å²) in [5.74, 6) is -0.535. The van der Waals surface area contributed by atoms with Gasteiger partial charge in [-0.25, -0.2) is 14.4 Å². The number of nitrogen functional groups attached to an aromatic ring is 1. The number of nitrogens with two attached hydrogens (primary N) is 1. The highest BCUT2D eigenvalue weighted by molar-refractivity contribution is 6.35. The van der Waals surface area contributed by atoms with Crippen molar-refractivity contribution >= 4 is 28.3 Å². The van der Waals surface area contributed by atoms with Crippen molar-refractivity contribution in [2.45, 2.75) is 0 Å². The molecule has 8 heteroatoms. The maximum Gasteiger partial charge on any atom is 0.183 e. The SMILES string of the molecule is N#Cc1nc(-c2cc(Cl)c3[nH]ncc3c2)c(-c2ccccc2F)nc1N. The monoisotopic (exact) mass is 364 g/mol. The minimum atomic E-state index is -0.470. The van der Waals surface area contributed by atoms with Crippen molar-refractivity contribution in [1.82, 2.24) is 20.2 Å². The summed E-state index contributed by atoms with van der Waals surface area (Å²) in [6.07, 6.45) is 1.61. The van der Waals surface area contributed by atoms with Crippen molar-refractivity contribution in [2.24, 2.45) is 0 Å². The van der Waals surface area contributed by atoms with Crippen LogP contribution in [0.1, 0.15) is 5.69 Å². The molecule has 0 aliphatic rings. The molecule has 2 aromatic carbocycles. The van der Waals surface area contributed by atoms with Crippen LogP contribution >= 0.6 is 11.6 Å². The van der Waals surface area contributed by atoms with E-state index in [4.69, 9.17) is 17.3 Å². The Labute approximate surface area is 152 Å². The number of nitrogens with one attached hydrogen (secondary N) is 1. The topological polar surface area (TPSA) is 104 Å². The summed E-state index contributed by atoms with van der Waals surface area (Å²) in [5.41, 5.74) is 7.80. The number of rotatable bonds is 2. The first-order valence-corrected chi connectivity index (χ1v) is 7.92. The number of nitriles is 1. The average molecular weight is 365 g/mol. The first-order valence-electron chi connectivity index (χ1n) is 7.54. The van der Waals surface area contributed by atoms with Crippen LogP contribution in [0.4, 0.5) is 10.2 Å². The van der Waals surface area contributed by atoms with Gasteiger partial charge in [-0.05, 0) is 24.3 Å². The van der Waals surface area contributed by atoms with Crippen molar-refractivity contribution < 1.29 is 4.39 Å². The largest absolute Gasteiger partial charge is 0.381 e. The number of benzene rings is 2. The van der Waals surface area contributed by atoms with Gasteiger partial charge in [-0.15, -0.1) is 0 Å². The first-order chi connectivity index (χ1) is 12.6. The molecule has 2 heterocycles. The van der Waals surface area contributed by atoms with E-state index < -0.39 is 5.82 Å². The lowest BCUT2D eigenvalue weighted by molar-refractivity contribution is 0.630. The second kappa shape index (κ2) is 6.10. The number of halogens is 2. The molecule has 0 radical (unpaired) electrons. The zero-order valence-corrected chi connectivity index (χ0v) is 13.9. The van der Waals surface area contributed by atoms with Gasteiger partial charge in [-0.3, -0.25) is 5.10 Å². The molecule has 6 nitrogen and oxygen atoms in total.